The summed E-state index contributed by atoms with van der Waals surface area (Å²) in [6, 6.07) is 6.32. The van der Waals surface area contributed by atoms with Crippen LogP contribution in [0.3, 0.4) is 0 Å². The fraction of sp³-hybridized carbons (Fsp3) is 0.300. The summed E-state index contributed by atoms with van der Waals surface area (Å²) in [5.74, 6) is 0. The normalized spacial score (nSPS) is 14.6. The average molecular weight is 196 g/mol. The monoisotopic (exact) mass is 195 g/mol. The Morgan fingerprint density at radius 2 is 2.15 bits per heavy atom. The topological polar surface area (TPSA) is 15.3 Å². The van der Waals surface area contributed by atoms with Crippen molar-refractivity contribution in [2.75, 3.05) is 10.2 Å². The molecule has 0 amide bonds. The molecule has 0 bridgehead atoms. The van der Waals surface area contributed by atoms with Gasteiger partial charge in [0.1, 0.15) is 6.67 Å². The first-order valence-electron chi connectivity index (χ1n) is 4.36. The van der Waals surface area contributed by atoms with Crippen molar-refractivity contribution < 1.29 is 0 Å². The molecule has 1 aromatic carbocycles. The molecule has 1 aromatic rings. The molecule has 0 aliphatic carbocycles. The fourth-order valence-corrected chi connectivity index (χ4v) is 1.64. The van der Waals surface area contributed by atoms with Gasteiger partial charge >= 0.3 is 0 Å². The molecule has 1 aliphatic rings. The summed E-state index contributed by atoms with van der Waals surface area (Å²) in [6.45, 7) is 6.27. The highest BCUT2D eigenvalue weighted by Gasteiger charge is 2.21. The lowest BCUT2D eigenvalue weighted by Gasteiger charge is -2.21. The fourth-order valence-electron chi connectivity index (χ4n) is 1.48. The minimum atomic E-state index is 0.451. The molecule has 0 saturated carbocycles. The highest BCUT2D eigenvalue weighted by Crippen LogP contribution is 2.36. The van der Waals surface area contributed by atoms with E-state index in [9.17, 15) is 0 Å². The second kappa shape index (κ2) is 3.11. The number of nitrogens with one attached hydrogen (secondary N) is 1. The van der Waals surface area contributed by atoms with Gasteiger partial charge in [0.15, 0.2) is 0 Å². The molecule has 0 spiro atoms. The lowest BCUT2D eigenvalue weighted by molar-refractivity contribution is 0.767. The zero-order chi connectivity index (χ0) is 9.42. The summed E-state index contributed by atoms with van der Waals surface area (Å²) in [5, 5.41) is 3.98. The maximum absolute atomic E-state index is 5.93. The summed E-state index contributed by atoms with van der Waals surface area (Å²) >= 11 is 5.93. The highest BCUT2D eigenvalue weighted by molar-refractivity contribution is 6.31. The summed E-state index contributed by atoms with van der Waals surface area (Å²) in [6.07, 6.45) is 0. The Kier molecular flexibility index (Phi) is 2.08. The van der Waals surface area contributed by atoms with Crippen molar-refractivity contribution in [2.45, 2.75) is 19.9 Å². The molecule has 1 heterocycles. The van der Waals surface area contributed by atoms with Gasteiger partial charge in [-0.25, -0.2) is 0 Å². The third-order valence-corrected chi connectivity index (χ3v) is 2.39. The number of rotatable bonds is 1. The molecule has 13 heavy (non-hydrogen) atoms. The molecular formula is C10H12ClN2. The van der Waals surface area contributed by atoms with E-state index in [1.165, 1.54) is 0 Å². The standard InChI is InChI=1S/C10H12ClN2/c1-7(2)13-6-12-9-4-3-8(11)5-10(9)13/h3-7,12H,1-2H3. The van der Waals surface area contributed by atoms with Crippen molar-refractivity contribution in [3.05, 3.63) is 29.9 Å². The first-order valence-corrected chi connectivity index (χ1v) is 4.74. The van der Waals surface area contributed by atoms with Crippen molar-refractivity contribution in [2.24, 2.45) is 0 Å². The Labute approximate surface area is 83.5 Å². The van der Waals surface area contributed by atoms with Gasteiger partial charge in [0.05, 0.1) is 11.4 Å². The lowest BCUT2D eigenvalue weighted by Crippen LogP contribution is -2.25. The number of fused-ring (bicyclic) bond motifs is 1. The first kappa shape index (κ1) is 8.70. The van der Waals surface area contributed by atoms with Gasteiger partial charge in [-0.15, -0.1) is 0 Å². The van der Waals surface area contributed by atoms with Crippen LogP contribution in [0.2, 0.25) is 5.02 Å². The number of nitrogens with zero attached hydrogens (tertiary/aromatic N) is 1. The quantitative estimate of drug-likeness (QED) is 0.741. The average Bonchev–Trinajstić information content (AvgIpc) is 2.46. The summed E-state index contributed by atoms with van der Waals surface area (Å²) in [7, 11) is 0. The SMILES string of the molecule is CC(C)N1[CH]Nc2ccc(Cl)cc21. The number of anilines is 2. The van der Waals surface area contributed by atoms with E-state index in [0.717, 1.165) is 16.4 Å². The first-order chi connectivity index (χ1) is 6.18. The van der Waals surface area contributed by atoms with Gasteiger partial charge < -0.3 is 10.2 Å². The predicted octanol–water partition coefficient (Wildman–Crippen LogP) is 3.10. The van der Waals surface area contributed by atoms with Crippen LogP contribution in [0.1, 0.15) is 13.8 Å². The Morgan fingerprint density at radius 1 is 1.38 bits per heavy atom. The van der Waals surface area contributed by atoms with Crippen molar-refractivity contribution >= 4 is 23.0 Å². The van der Waals surface area contributed by atoms with Gasteiger partial charge in [-0.3, -0.25) is 0 Å². The maximum atomic E-state index is 5.93. The molecule has 3 heteroatoms. The van der Waals surface area contributed by atoms with Gasteiger partial charge in [-0.2, -0.15) is 0 Å². The van der Waals surface area contributed by atoms with Crippen molar-refractivity contribution in [1.82, 2.24) is 0 Å². The van der Waals surface area contributed by atoms with Crippen LogP contribution in [-0.4, -0.2) is 6.04 Å². The van der Waals surface area contributed by atoms with Crippen LogP contribution < -0.4 is 10.2 Å². The van der Waals surface area contributed by atoms with Crippen LogP contribution in [0.15, 0.2) is 18.2 Å². The van der Waals surface area contributed by atoms with Crippen molar-refractivity contribution in [3.63, 3.8) is 0 Å². The Bertz CT molecular complexity index is 323. The van der Waals surface area contributed by atoms with Gasteiger partial charge in [0, 0.05) is 11.1 Å². The molecule has 2 nitrogen and oxygen atoms in total. The van der Waals surface area contributed by atoms with Crippen LogP contribution in [0.4, 0.5) is 11.4 Å². The summed E-state index contributed by atoms with van der Waals surface area (Å²) in [4.78, 5) is 2.17. The summed E-state index contributed by atoms with van der Waals surface area (Å²) < 4.78 is 0. The predicted molar refractivity (Wildman–Crippen MR) is 57.0 cm³/mol. The minimum absolute atomic E-state index is 0.451. The molecule has 1 N–H and O–H groups in total. The number of hydrogen-bond donors (Lipinski definition) is 1. The van der Waals surface area contributed by atoms with Gasteiger partial charge in [0.2, 0.25) is 0 Å². The van der Waals surface area contributed by atoms with E-state index in [4.69, 9.17) is 11.6 Å². The van der Waals surface area contributed by atoms with Gasteiger partial charge in [0.25, 0.3) is 0 Å². The minimum Gasteiger partial charge on any atom is -0.360 e. The van der Waals surface area contributed by atoms with Crippen LogP contribution in [-0.2, 0) is 0 Å². The van der Waals surface area contributed by atoms with Crippen LogP contribution >= 0.6 is 11.6 Å². The molecule has 0 saturated heterocycles. The molecule has 2 rings (SSSR count). The van der Waals surface area contributed by atoms with E-state index in [1.54, 1.807) is 0 Å². The zero-order valence-electron chi connectivity index (χ0n) is 7.71. The van der Waals surface area contributed by atoms with Gasteiger partial charge in [-0.1, -0.05) is 11.6 Å². The van der Waals surface area contributed by atoms with Crippen molar-refractivity contribution in [3.8, 4) is 0 Å². The van der Waals surface area contributed by atoms with Crippen LogP contribution in [0.25, 0.3) is 0 Å². The van der Waals surface area contributed by atoms with E-state index in [1.807, 2.05) is 24.9 Å². The smallest absolute Gasteiger partial charge is 0.139 e. The Morgan fingerprint density at radius 3 is 2.85 bits per heavy atom. The van der Waals surface area contributed by atoms with E-state index in [0.29, 0.717) is 6.04 Å². The third-order valence-electron chi connectivity index (χ3n) is 2.15. The van der Waals surface area contributed by atoms with E-state index >= 15 is 0 Å². The molecular weight excluding hydrogens is 184 g/mol. The van der Waals surface area contributed by atoms with Gasteiger partial charge in [-0.05, 0) is 32.0 Å². The van der Waals surface area contributed by atoms with Crippen LogP contribution in [0.5, 0.6) is 0 Å². The van der Waals surface area contributed by atoms with Crippen LogP contribution in [0, 0.1) is 6.67 Å². The molecule has 0 fully saturated rings. The Hall–Kier alpha value is -0.890. The number of halogens is 1. The highest BCUT2D eigenvalue weighted by atomic mass is 35.5. The molecule has 0 aromatic heterocycles. The summed E-state index contributed by atoms with van der Waals surface area (Å²) in [5.41, 5.74) is 2.28. The molecule has 1 aliphatic heterocycles. The third kappa shape index (κ3) is 1.46. The molecule has 69 valence electrons. The van der Waals surface area contributed by atoms with E-state index < -0.39 is 0 Å². The van der Waals surface area contributed by atoms with E-state index in [2.05, 4.69) is 24.1 Å². The van der Waals surface area contributed by atoms with Crippen molar-refractivity contribution in [1.29, 1.82) is 0 Å². The molecule has 0 atom stereocenters. The number of benzene rings is 1. The Balaban J connectivity index is 2.40. The second-order valence-corrected chi connectivity index (χ2v) is 3.87. The van der Waals surface area contributed by atoms with E-state index in [-0.39, 0.29) is 0 Å². The lowest BCUT2D eigenvalue weighted by atomic mass is 10.2. The number of hydrogen-bond acceptors (Lipinski definition) is 2. The molecule has 0 unspecified atom stereocenters. The largest absolute Gasteiger partial charge is 0.360 e. The molecule has 1 radical (unpaired) electrons. The maximum Gasteiger partial charge on any atom is 0.139 e. The second-order valence-electron chi connectivity index (χ2n) is 3.44. The zero-order valence-corrected chi connectivity index (χ0v) is 8.47.